The van der Waals surface area contributed by atoms with E-state index in [0.29, 0.717) is 12.1 Å². The van der Waals surface area contributed by atoms with Crippen LogP contribution in [0.2, 0.25) is 0 Å². The first-order valence-corrected chi connectivity index (χ1v) is 4.98. The fourth-order valence-electron chi connectivity index (χ4n) is 1.54. The molecule has 0 saturated carbocycles. The summed E-state index contributed by atoms with van der Waals surface area (Å²) in [4.78, 5) is 12.3. The topological polar surface area (TPSA) is 60.8 Å². The Hall–Kier alpha value is -1.97. The van der Waals surface area contributed by atoms with Crippen molar-refractivity contribution in [3.8, 4) is 5.75 Å². The Morgan fingerprint density at radius 1 is 1.62 bits per heavy atom. The van der Waals surface area contributed by atoms with E-state index in [1.165, 1.54) is 17.0 Å². The van der Waals surface area contributed by atoms with E-state index in [1.807, 2.05) is 0 Å². The number of nitrogens with zero attached hydrogens (tertiary/aromatic N) is 1. The van der Waals surface area contributed by atoms with Crippen LogP contribution in [-0.4, -0.2) is 22.3 Å². The lowest BCUT2D eigenvalue weighted by atomic mass is 10.2. The van der Waals surface area contributed by atoms with Gasteiger partial charge in [0, 0.05) is 12.1 Å². The van der Waals surface area contributed by atoms with Gasteiger partial charge < -0.3 is 10.2 Å². The van der Waals surface area contributed by atoms with E-state index in [-0.39, 0.29) is 11.8 Å². The molecule has 0 fully saturated rings. The van der Waals surface area contributed by atoms with Crippen molar-refractivity contribution in [1.82, 2.24) is 0 Å². The zero-order valence-corrected chi connectivity index (χ0v) is 9.13. The number of rotatable bonds is 4. The first kappa shape index (κ1) is 12.1. The third-order valence-corrected chi connectivity index (χ3v) is 2.26. The summed E-state index contributed by atoms with van der Waals surface area (Å²) in [5.41, 5.74) is 0.460. The summed E-state index contributed by atoms with van der Waals surface area (Å²) in [5.74, 6) is 0.0505. The molecule has 0 aliphatic heterocycles. The van der Waals surface area contributed by atoms with Gasteiger partial charge in [-0.2, -0.15) is 0 Å². The molecule has 1 aromatic carbocycles. The molecule has 0 heterocycles. The van der Waals surface area contributed by atoms with Gasteiger partial charge in [0.15, 0.2) is 0 Å². The Labute approximate surface area is 94.4 Å². The van der Waals surface area contributed by atoms with Crippen molar-refractivity contribution >= 4 is 11.8 Å². The smallest absolute Gasteiger partial charge is 0.412 e. The number of hydrogen-bond acceptors (Lipinski definition) is 2. The molecular weight excluding hydrogens is 206 g/mol. The van der Waals surface area contributed by atoms with Crippen molar-refractivity contribution in [2.75, 3.05) is 4.90 Å². The fraction of sp³-hybridized carbons (Fsp3) is 0.250. The molecule has 0 aromatic heterocycles. The summed E-state index contributed by atoms with van der Waals surface area (Å²) in [6.45, 7) is 5.38. The molecule has 0 aliphatic carbocycles. The minimum absolute atomic E-state index is 0.0505. The molecule has 1 aromatic rings. The summed E-state index contributed by atoms with van der Waals surface area (Å²) in [5, 5.41) is 18.4. The van der Waals surface area contributed by atoms with Gasteiger partial charge in [0.25, 0.3) is 0 Å². The fourth-order valence-corrected chi connectivity index (χ4v) is 1.54. The van der Waals surface area contributed by atoms with Gasteiger partial charge in [-0.3, -0.25) is 4.90 Å². The normalized spacial score (nSPS) is 11.8. The molecule has 0 spiro atoms. The summed E-state index contributed by atoms with van der Waals surface area (Å²) in [6, 6.07) is 5.97. The van der Waals surface area contributed by atoms with E-state index < -0.39 is 6.09 Å². The Morgan fingerprint density at radius 2 is 2.31 bits per heavy atom. The molecule has 16 heavy (non-hydrogen) atoms. The molecule has 4 nitrogen and oxygen atoms in total. The molecule has 1 atom stereocenters. The first-order chi connectivity index (χ1) is 7.56. The second-order valence-corrected chi connectivity index (χ2v) is 3.55. The van der Waals surface area contributed by atoms with Crippen LogP contribution < -0.4 is 4.90 Å². The second-order valence-electron chi connectivity index (χ2n) is 3.55. The first-order valence-electron chi connectivity index (χ1n) is 4.98. The summed E-state index contributed by atoms with van der Waals surface area (Å²) in [7, 11) is 0. The van der Waals surface area contributed by atoms with E-state index in [1.54, 1.807) is 25.1 Å². The minimum atomic E-state index is -1.04. The number of phenols is 1. The number of hydrogen-bond donors (Lipinski definition) is 2. The van der Waals surface area contributed by atoms with Crippen molar-refractivity contribution in [1.29, 1.82) is 0 Å². The lowest BCUT2D eigenvalue weighted by molar-refractivity contribution is 0.199. The highest BCUT2D eigenvalue weighted by Crippen LogP contribution is 2.23. The van der Waals surface area contributed by atoms with Gasteiger partial charge in [-0.1, -0.05) is 12.1 Å². The number of amides is 1. The average molecular weight is 221 g/mol. The van der Waals surface area contributed by atoms with Gasteiger partial charge in [-0.25, -0.2) is 4.79 Å². The van der Waals surface area contributed by atoms with Crippen molar-refractivity contribution in [2.45, 2.75) is 19.4 Å². The van der Waals surface area contributed by atoms with Crippen LogP contribution in [0, 0.1) is 0 Å². The summed E-state index contributed by atoms with van der Waals surface area (Å²) in [6.07, 6.45) is 1.19. The minimum Gasteiger partial charge on any atom is -0.508 e. The zero-order valence-electron chi connectivity index (χ0n) is 9.13. The molecule has 0 aliphatic rings. The van der Waals surface area contributed by atoms with Gasteiger partial charge in [0.2, 0.25) is 0 Å². The molecule has 0 saturated heterocycles. The number of carbonyl (C=O) groups is 1. The van der Waals surface area contributed by atoms with Crippen LogP contribution in [0.3, 0.4) is 0 Å². The lowest BCUT2D eigenvalue weighted by Crippen LogP contribution is -2.37. The SMILES string of the molecule is C=CC[C@H](C)N(C(=O)O)c1cccc(O)c1. The lowest BCUT2D eigenvalue weighted by Gasteiger charge is -2.25. The summed E-state index contributed by atoms with van der Waals surface area (Å²) < 4.78 is 0. The van der Waals surface area contributed by atoms with E-state index in [9.17, 15) is 9.90 Å². The van der Waals surface area contributed by atoms with Gasteiger partial charge in [-0.15, -0.1) is 6.58 Å². The van der Waals surface area contributed by atoms with Crippen LogP contribution in [0.1, 0.15) is 13.3 Å². The Kier molecular flexibility index (Phi) is 3.94. The van der Waals surface area contributed by atoms with Crippen molar-refractivity contribution < 1.29 is 15.0 Å². The number of carboxylic acid groups (broad SMARTS) is 1. The average Bonchev–Trinajstić information content (AvgIpc) is 2.17. The predicted octanol–water partition coefficient (Wildman–Crippen LogP) is 2.84. The number of aromatic hydroxyl groups is 1. The standard InChI is InChI=1S/C12H15NO3/c1-3-5-9(2)13(12(15)16)10-6-4-7-11(14)8-10/h3-4,6-9,14H,1,5H2,2H3,(H,15,16)/t9-/m0/s1. The maximum Gasteiger partial charge on any atom is 0.412 e. The van der Waals surface area contributed by atoms with E-state index in [0.717, 1.165) is 0 Å². The molecular formula is C12H15NO3. The molecule has 4 heteroatoms. The maximum absolute atomic E-state index is 11.1. The quantitative estimate of drug-likeness (QED) is 0.768. The molecule has 86 valence electrons. The highest BCUT2D eigenvalue weighted by atomic mass is 16.4. The predicted molar refractivity (Wildman–Crippen MR) is 62.9 cm³/mol. The van der Waals surface area contributed by atoms with Crippen molar-refractivity contribution in [3.05, 3.63) is 36.9 Å². The van der Waals surface area contributed by atoms with Crippen LogP contribution in [0.4, 0.5) is 10.5 Å². The Morgan fingerprint density at radius 3 is 2.81 bits per heavy atom. The Balaban J connectivity index is 3.02. The van der Waals surface area contributed by atoms with Crippen molar-refractivity contribution in [2.24, 2.45) is 0 Å². The Bertz CT molecular complexity index is 390. The van der Waals surface area contributed by atoms with Gasteiger partial charge >= 0.3 is 6.09 Å². The summed E-state index contributed by atoms with van der Waals surface area (Å²) >= 11 is 0. The zero-order chi connectivity index (χ0) is 12.1. The second kappa shape index (κ2) is 5.21. The molecule has 1 rings (SSSR count). The highest BCUT2D eigenvalue weighted by Gasteiger charge is 2.20. The molecule has 0 radical (unpaired) electrons. The van der Waals surface area contributed by atoms with Gasteiger partial charge in [0.1, 0.15) is 5.75 Å². The molecule has 0 unspecified atom stereocenters. The largest absolute Gasteiger partial charge is 0.508 e. The third-order valence-electron chi connectivity index (χ3n) is 2.26. The molecule has 0 bridgehead atoms. The number of phenolic OH excluding ortho intramolecular Hbond substituents is 1. The van der Waals surface area contributed by atoms with Crippen molar-refractivity contribution in [3.63, 3.8) is 0 Å². The number of benzene rings is 1. The van der Waals surface area contributed by atoms with Crippen LogP contribution in [0.5, 0.6) is 5.75 Å². The van der Waals surface area contributed by atoms with E-state index >= 15 is 0 Å². The molecule has 2 N–H and O–H groups in total. The van der Waals surface area contributed by atoms with Crippen LogP contribution >= 0.6 is 0 Å². The van der Waals surface area contributed by atoms with E-state index in [2.05, 4.69) is 6.58 Å². The molecule has 1 amide bonds. The van der Waals surface area contributed by atoms with Crippen LogP contribution in [-0.2, 0) is 0 Å². The maximum atomic E-state index is 11.1. The van der Waals surface area contributed by atoms with Crippen LogP contribution in [0.15, 0.2) is 36.9 Å². The monoisotopic (exact) mass is 221 g/mol. The van der Waals surface area contributed by atoms with Gasteiger partial charge in [-0.05, 0) is 25.5 Å². The van der Waals surface area contributed by atoms with Gasteiger partial charge in [0.05, 0.1) is 5.69 Å². The van der Waals surface area contributed by atoms with Crippen LogP contribution in [0.25, 0.3) is 0 Å². The van der Waals surface area contributed by atoms with E-state index in [4.69, 9.17) is 5.11 Å². The number of anilines is 1. The third kappa shape index (κ3) is 2.76. The highest BCUT2D eigenvalue weighted by molar-refractivity contribution is 5.86.